The van der Waals surface area contributed by atoms with Crippen molar-refractivity contribution < 1.29 is 28.6 Å². The molecule has 0 fully saturated rings. The molecule has 348 valence electrons. The molecule has 0 radical (unpaired) electrons. The lowest BCUT2D eigenvalue weighted by molar-refractivity contribution is -0.166. The molecule has 0 aromatic carbocycles. The Labute approximate surface area is 380 Å². The van der Waals surface area contributed by atoms with E-state index < -0.39 is 6.10 Å². The fourth-order valence-electron chi connectivity index (χ4n) is 6.17. The topological polar surface area (TPSA) is 78.9 Å². The molecule has 0 saturated carbocycles. The van der Waals surface area contributed by atoms with E-state index in [9.17, 15) is 14.4 Å². The summed E-state index contributed by atoms with van der Waals surface area (Å²) >= 11 is 0. The van der Waals surface area contributed by atoms with Crippen LogP contribution in [-0.2, 0) is 28.6 Å². The Morgan fingerprint density at radius 1 is 0.355 bits per heavy atom. The summed E-state index contributed by atoms with van der Waals surface area (Å²) in [5.41, 5.74) is 0. The molecule has 0 heterocycles. The third-order valence-electron chi connectivity index (χ3n) is 9.85. The molecular formula is C56H88O6. The normalized spacial score (nSPS) is 13.1. The first-order valence-corrected chi connectivity index (χ1v) is 24.6. The minimum absolute atomic E-state index is 0.121. The first kappa shape index (κ1) is 57.8. The van der Waals surface area contributed by atoms with Crippen LogP contribution in [0.2, 0.25) is 0 Å². The molecule has 0 N–H and O–H groups in total. The zero-order valence-corrected chi connectivity index (χ0v) is 39.6. The van der Waals surface area contributed by atoms with Crippen LogP contribution in [0.15, 0.2) is 122 Å². The Morgan fingerprint density at radius 3 is 1.27 bits per heavy atom. The van der Waals surface area contributed by atoms with Crippen LogP contribution in [0.4, 0.5) is 0 Å². The van der Waals surface area contributed by atoms with Crippen molar-refractivity contribution in [3.63, 3.8) is 0 Å². The Hall–Kier alpha value is -4.19. The van der Waals surface area contributed by atoms with Crippen molar-refractivity contribution >= 4 is 17.9 Å². The van der Waals surface area contributed by atoms with Gasteiger partial charge in [-0.15, -0.1) is 0 Å². The molecule has 0 aromatic heterocycles. The van der Waals surface area contributed by atoms with Crippen molar-refractivity contribution in [2.24, 2.45) is 0 Å². The Kier molecular flexibility index (Phi) is 46.1. The average Bonchev–Trinajstić information content (AvgIpc) is 3.27. The number of allylic oxidation sites excluding steroid dienone is 20. The van der Waals surface area contributed by atoms with Gasteiger partial charge >= 0.3 is 17.9 Å². The lowest BCUT2D eigenvalue weighted by atomic mass is 10.1. The molecule has 0 aromatic rings. The second-order valence-corrected chi connectivity index (χ2v) is 15.8. The molecule has 62 heavy (non-hydrogen) atoms. The molecule has 0 aliphatic heterocycles. The van der Waals surface area contributed by atoms with Crippen molar-refractivity contribution in [1.29, 1.82) is 0 Å². The van der Waals surface area contributed by atoms with Gasteiger partial charge in [0, 0.05) is 19.3 Å². The second-order valence-electron chi connectivity index (χ2n) is 15.8. The number of esters is 3. The van der Waals surface area contributed by atoms with Crippen LogP contribution < -0.4 is 0 Å². The van der Waals surface area contributed by atoms with Gasteiger partial charge in [-0.2, -0.15) is 0 Å². The van der Waals surface area contributed by atoms with E-state index in [2.05, 4.69) is 93.7 Å². The summed E-state index contributed by atoms with van der Waals surface area (Å²) in [6.07, 6.45) is 67.6. The largest absolute Gasteiger partial charge is 0.462 e. The van der Waals surface area contributed by atoms with Gasteiger partial charge in [-0.1, -0.05) is 219 Å². The van der Waals surface area contributed by atoms with Gasteiger partial charge in [-0.3, -0.25) is 14.4 Å². The van der Waals surface area contributed by atoms with E-state index in [0.717, 1.165) is 103 Å². The predicted molar refractivity (Wildman–Crippen MR) is 265 cm³/mol. The summed E-state index contributed by atoms with van der Waals surface area (Å²) in [5, 5.41) is 0. The van der Waals surface area contributed by atoms with Gasteiger partial charge in [0.2, 0.25) is 0 Å². The molecule has 0 saturated heterocycles. The zero-order chi connectivity index (χ0) is 45.1. The molecule has 1 atom stereocenters. The smallest absolute Gasteiger partial charge is 0.306 e. The van der Waals surface area contributed by atoms with Gasteiger partial charge in [0.05, 0.1) is 0 Å². The Balaban J connectivity index is 4.55. The standard InChI is InChI=1S/C56H88O6/c1-4-7-10-13-16-19-22-25-26-27-28-29-32-34-37-40-43-46-49-55(58)61-52-53(62-56(59)50-47-44-41-38-35-31-24-21-18-15-12-9-6-3)51-60-54(57)48-45-42-39-36-33-30-23-20-17-14-11-8-5-2/h9-10,12-13,15-16,18-19,21-22,24-30,33,39,42,53H,4-8,11,14,17,20,23,31-32,34-38,40-41,43-52H2,1-3H3/b12-9+,13-10+,18-15+,19-16+,24-21+,25-22+,27-26+,29-28+,33-30+,42-39+. The molecule has 0 amide bonds. The number of carbonyl (C=O) groups excluding carboxylic acids is 3. The van der Waals surface area contributed by atoms with E-state index in [4.69, 9.17) is 14.2 Å². The number of hydrogen-bond donors (Lipinski definition) is 0. The monoisotopic (exact) mass is 857 g/mol. The van der Waals surface area contributed by atoms with E-state index >= 15 is 0 Å². The summed E-state index contributed by atoms with van der Waals surface area (Å²) in [7, 11) is 0. The summed E-state index contributed by atoms with van der Waals surface area (Å²) < 4.78 is 16.7. The van der Waals surface area contributed by atoms with Crippen molar-refractivity contribution in [3.8, 4) is 0 Å². The predicted octanol–water partition coefficient (Wildman–Crippen LogP) is 16.1. The van der Waals surface area contributed by atoms with Crippen molar-refractivity contribution in [3.05, 3.63) is 122 Å². The van der Waals surface area contributed by atoms with Gasteiger partial charge in [0.15, 0.2) is 6.10 Å². The van der Waals surface area contributed by atoms with Crippen LogP contribution >= 0.6 is 0 Å². The average molecular weight is 857 g/mol. The minimum Gasteiger partial charge on any atom is -0.462 e. The fraction of sp³-hybridized carbons (Fsp3) is 0.589. The van der Waals surface area contributed by atoms with Crippen LogP contribution in [0.5, 0.6) is 0 Å². The quantitative estimate of drug-likeness (QED) is 0.0200. The maximum atomic E-state index is 12.8. The molecular weight excluding hydrogens is 769 g/mol. The van der Waals surface area contributed by atoms with Gasteiger partial charge in [0.1, 0.15) is 13.2 Å². The summed E-state index contributed by atoms with van der Waals surface area (Å²) in [6, 6.07) is 0. The first-order valence-electron chi connectivity index (χ1n) is 24.6. The summed E-state index contributed by atoms with van der Waals surface area (Å²) in [4.78, 5) is 37.9. The van der Waals surface area contributed by atoms with Crippen LogP contribution in [-0.4, -0.2) is 37.2 Å². The number of hydrogen-bond acceptors (Lipinski definition) is 6. The first-order chi connectivity index (χ1) is 30.5. The SMILES string of the molecule is CC/C=C/C=C/C=C/CCCCCCCC(=O)OC(COC(=O)CC/C=C/C/C=C/CCCCCCCC)COC(=O)CCCCCCC/C=C/C=C/C=C/C=C/C=C/CCC. The van der Waals surface area contributed by atoms with Crippen molar-refractivity contribution in [1.82, 2.24) is 0 Å². The highest BCUT2D eigenvalue weighted by atomic mass is 16.6. The second kappa shape index (κ2) is 49.5. The molecule has 6 nitrogen and oxygen atoms in total. The van der Waals surface area contributed by atoms with E-state index in [1.165, 1.54) is 44.9 Å². The highest BCUT2D eigenvalue weighted by Crippen LogP contribution is 2.12. The van der Waals surface area contributed by atoms with Crippen molar-refractivity contribution in [2.45, 2.75) is 200 Å². The van der Waals surface area contributed by atoms with Crippen LogP contribution in [0.1, 0.15) is 194 Å². The highest BCUT2D eigenvalue weighted by Gasteiger charge is 2.19. The summed E-state index contributed by atoms with van der Waals surface area (Å²) in [5.74, 6) is -1.05. The maximum absolute atomic E-state index is 12.8. The minimum atomic E-state index is -0.825. The van der Waals surface area contributed by atoms with E-state index in [1.807, 2.05) is 48.6 Å². The number of carbonyl (C=O) groups is 3. The van der Waals surface area contributed by atoms with Gasteiger partial charge in [-0.05, 0) is 77.0 Å². The maximum Gasteiger partial charge on any atom is 0.306 e. The Bertz CT molecular complexity index is 1350. The lowest BCUT2D eigenvalue weighted by Crippen LogP contribution is -2.30. The molecule has 6 heteroatoms. The number of ether oxygens (including phenoxy) is 3. The summed E-state index contributed by atoms with van der Waals surface area (Å²) in [6.45, 7) is 6.29. The molecule has 0 rings (SSSR count). The third kappa shape index (κ3) is 46.9. The van der Waals surface area contributed by atoms with Crippen molar-refractivity contribution in [2.75, 3.05) is 13.2 Å². The van der Waals surface area contributed by atoms with Gasteiger partial charge in [-0.25, -0.2) is 0 Å². The van der Waals surface area contributed by atoms with Crippen LogP contribution in [0.3, 0.4) is 0 Å². The van der Waals surface area contributed by atoms with Crippen LogP contribution in [0, 0.1) is 0 Å². The van der Waals surface area contributed by atoms with E-state index in [0.29, 0.717) is 12.8 Å². The molecule has 0 bridgehead atoms. The molecule has 1 unspecified atom stereocenters. The highest BCUT2D eigenvalue weighted by molar-refractivity contribution is 5.71. The molecule has 0 aliphatic rings. The van der Waals surface area contributed by atoms with Gasteiger partial charge in [0.25, 0.3) is 0 Å². The van der Waals surface area contributed by atoms with Crippen LogP contribution in [0.25, 0.3) is 0 Å². The van der Waals surface area contributed by atoms with E-state index in [1.54, 1.807) is 0 Å². The van der Waals surface area contributed by atoms with E-state index in [-0.39, 0.29) is 44.0 Å². The van der Waals surface area contributed by atoms with Gasteiger partial charge < -0.3 is 14.2 Å². The molecule has 0 aliphatic carbocycles. The molecule has 0 spiro atoms. The fourth-order valence-corrected chi connectivity index (χ4v) is 6.17. The number of rotatable bonds is 42. The Morgan fingerprint density at radius 2 is 0.758 bits per heavy atom. The lowest BCUT2D eigenvalue weighted by Gasteiger charge is -2.18. The third-order valence-corrected chi connectivity index (χ3v) is 9.85. The zero-order valence-electron chi connectivity index (χ0n) is 39.6. The number of unbranched alkanes of at least 4 members (excludes halogenated alkanes) is 17.